The highest BCUT2D eigenvalue weighted by Crippen LogP contribution is 2.27. The summed E-state index contributed by atoms with van der Waals surface area (Å²) in [7, 11) is 0. The highest BCUT2D eigenvalue weighted by molar-refractivity contribution is 5.78. The molecule has 0 bridgehead atoms. The van der Waals surface area contributed by atoms with Crippen LogP contribution >= 0.6 is 0 Å². The molecule has 0 heterocycles. The molecule has 84 valence electrons. The van der Waals surface area contributed by atoms with Crippen LogP contribution in [0.1, 0.15) is 39.0 Å². The van der Waals surface area contributed by atoms with E-state index in [2.05, 4.69) is 11.4 Å². The van der Waals surface area contributed by atoms with E-state index >= 15 is 0 Å². The predicted molar refractivity (Wildman–Crippen MR) is 56.1 cm³/mol. The smallest absolute Gasteiger partial charge is 0.247 e. The van der Waals surface area contributed by atoms with Gasteiger partial charge in [-0.3, -0.25) is 4.79 Å². The molecule has 1 N–H and O–H groups in total. The minimum atomic E-state index is -0.633. The topological polar surface area (TPSA) is 62.1 Å². The van der Waals surface area contributed by atoms with Gasteiger partial charge in [0.05, 0.1) is 6.07 Å². The number of nitrogens with zero attached hydrogens (tertiary/aromatic N) is 1. The van der Waals surface area contributed by atoms with Crippen LogP contribution in [0.5, 0.6) is 0 Å². The van der Waals surface area contributed by atoms with Crippen LogP contribution in [0.2, 0.25) is 0 Å². The number of ether oxygens (including phenoxy) is 1. The molecule has 0 aliphatic heterocycles. The second-order valence-electron chi connectivity index (χ2n) is 3.94. The van der Waals surface area contributed by atoms with Gasteiger partial charge in [0.1, 0.15) is 12.1 Å². The van der Waals surface area contributed by atoms with Gasteiger partial charge in [0.25, 0.3) is 0 Å². The van der Waals surface area contributed by atoms with Gasteiger partial charge in [-0.15, -0.1) is 0 Å². The third-order valence-electron chi connectivity index (χ3n) is 2.74. The number of nitriles is 1. The molecule has 0 aromatic heterocycles. The van der Waals surface area contributed by atoms with Crippen molar-refractivity contribution < 1.29 is 9.53 Å². The standard InChI is InChI=1S/C11H18N2O2/c1-2-15-8-10(14)13-11(9-12)6-4-3-5-7-11/h2-8H2,1H3,(H,13,14). The molecule has 0 aromatic carbocycles. The lowest BCUT2D eigenvalue weighted by atomic mass is 9.83. The first-order chi connectivity index (χ1) is 7.22. The van der Waals surface area contributed by atoms with Gasteiger partial charge in [0.2, 0.25) is 5.91 Å². The zero-order chi connectivity index (χ0) is 11.1. The first-order valence-electron chi connectivity index (χ1n) is 5.52. The van der Waals surface area contributed by atoms with Crippen molar-refractivity contribution in [3.05, 3.63) is 0 Å². The number of nitrogens with one attached hydrogen (secondary N) is 1. The molecule has 0 atom stereocenters. The summed E-state index contributed by atoms with van der Waals surface area (Å²) in [4.78, 5) is 11.4. The molecule has 0 unspecified atom stereocenters. The largest absolute Gasteiger partial charge is 0.372 e. The monoisotopic (exact) mass is 210 g/mol. The summed E-state index contributed by atoms with van der Waals surface area (Å²) in [5, 5.41) is 11.9. The first kappa shape index (κ1) is 12.0. The van der Waals surface area contributed by atoms with Crippen LogP contribution in [-0.4, -0.2) is 24.7 Å². The van der Waals surface area contributed by atoms with Gasteiger partial charge in [-0.05, 0) is 19.8 Å². The normalized spacial score (nSPS) is 19.2. The van der Waals surface area contributed by atoms with Crippen LogP contribution in [0, 0.1) is 11.3 Å². The van der Waals surface area contributed by atoms with E-state index in [1.54, 1.807) is 0 Å². The highest BCUT2D eigenvalue weighted by atomic mass is 16.5. The van der Waals surface area contributed by atoms with Crippen LogP contribution in [0.4, 0.5) is 0 Å². The van der Waals surface area contributed by atoms with E-state index in [0.717, 1.165) is 32.1 Å². The summed E-state index contributed by atoms with van der Waals surface area (Å²) in [6, 6.07) is 2.24. The van der Waals surface area contributed by atoms with E-state index in [1.807, 2.05) is 6.92 Å². The molecule has 1 aliphatic carbocycles. The predicted octanol–water partition coefficient (Wildman–Crippen LogP) is 1.37. The number of carbonyl (C=O) groups is 1. The Labute approximate surface area is 90.6 Å². The van der Waals surface area contributed by atoms with Gasteiger partial charge in [-0.2, -0.15) is 5.26 Å². The van der Waals surface area contributed by atoms with Crippen molar-refractivity contribution in [2.45, 2.75) is 44.6 Å². The summed E-state index contributed by atoms with van der Waals surface area (Å²) in [6.07, 6.45) is 4.72. The van der Waals surface area contributed by atoms with Crippen LogP contribution in [0.15, 0.2) is 0 Å². The molecule has 4 heteroatoms. The molecule has 0 spiro atoms. The second-order valence-corrected chi connectivity index (χ2v) is 3.94. The minimum Gasteiger partial charge on any atom is -0.372 e. The number of rotatable bonds is 4. The average molecular weight is 210 g/mol. The fraction of sp³-hybridized carbons (Fsp3) is 0.818. The third kappa shape index (κ3) is 3.52. The molecule has 4 nitrogen and oxygen atoms in total. The van der Waals surface area contributed by atoms with Crippen molar-refractivity contribution in [1.29, 1.82) is 5.26 Å². The molecular weight excluding hydrogens is 192 g/mol. The molecular formula is C11H18N2O2. The minimum absolute atomic E-state index is 0.0555. The van der Waals surface area contributed by atoms with Crippen molar-refractivity contribution in [2.24, 2.45) is 0 Å². The molecule has 1 fully saturated rings. The molecule has 0 aromatic rings. The maximum Gasteiger partial charge on any atom is 0.247 e. The summed E-state index contributed by atoms with van der Waals surface area (Å²) >= 11 is 0. The fourth-order valence-electron chi connectivity index (χ4n) is 1.92. The van der Waals surface area contributed by atoms with Crippen molar-refractivity contribution >= 4 is 5.91 Å². The number of carbonyl (C=O) groups excluding carboxylic acids is 1. The summed E-state index contributed by atoms with van der Waals surface area (Å²) in [5.41, 5.74) is -0.633. The highest BCUT2D eigenvalue weighted by Gasteiger charge is 2.33. The molecule has 1 saturated carbocycles. The van der Waals surface area contributed by atoms with Crippen molar-refractivity contribution in [2.75, 3.05) is 13.2 Å². The Bertz CT molecular complexity index is 252. The van der Waals surface area contributed by atoms with Gasteiger partial charge in [-0.25, -0.2) is 0 Å². The van der Waals surface area contributed by atoms with E-state index in [1.165, 1.54) is 0 Å². The molecule has 0 saturated heterocycles. The van der Waals surface area contributed by atoms with Crippen molar-refractivity contribution in [1.82, 2.24) is 5.32 Å². The van der Waals surface area contributed by atoms with Gasteiger partial charge in [0, 0.05) is 6.61 Å². The van der Waals surface area contributed by atoms with Crippen LogP contribution < -0.4 is 5.32 Å². The SMILES string of the molecule is CCOCC(=O)NC1(C#N)CCCCC1. The Morgan fingerprint density at radius 1 is 1.47 bits per heavy atom. The lowest BCUT2D eigenvalue weighted by molar-refractivity contribution is -0.127. The number of hydrogen-bond acceptors (Lipinski definition) is 3. The Hall–Kier alpha value is -1.08. The lowest BCUT2D eigenvalue weighted by Crippen LogP contribution is -2.49. The first-order valence-corrected chi connectivity index (χ1v) is 5.52. The fourth-order valence-corrected chi connectivity index (χ4v) is 1.92. The third-order valence-corrected chi connectivity index (χ3v) is 2.74. The van der Waals surface area contributed by atoms with Crippen molar-refractivity contribution in [3.8, 4) is 6.07 Å². The zero-order valence-corrected chi connectivity index (χ0v) is 9.21. The van der Waals surface area contributed by atoms with Crippen LogP contribution in [0.25, 0.3) is 0 Å². The van der Waals surface area contributed by atoms with Crippen LogP contribution in [-0.2, 0) is 9.53 Å². The summed E-state index contributed by atoms with van der Waals surface area (Å²) < 4.78 is 5.00. The van der Waals surface area contributed by atoms with E-state index in [0.29, 0.717) is 6.61 Å². The van der Waals surface area contributed by atoms with Gasteiger partial charge >= 0.3 is 0 Å². The Kier molecular flexibility index (Phi) is 4.57. The van der Waals surface area contributed by atoms with E-state index in [9.17, 15) is 4.79 Å². The molecule has 1 amide bonds. The zero-order valence-electron chi connectivity index (χ0n) is 9.21. The summed E-state index contributed by atoms with van der Waals surface area (Å²) in [5.74, 6) is -0.180. The van der Waals surface area contributed by atoms with Gasteiger partial charge in [-0.1, -0.05) is 19.3 Å². The van der Waals surface area contributed by atoms with Gasteiger partial charge < -0.3 is 10.1 Å². The molecule has 1 aliphatic rings. The Morgan fingerprint density at radius 2 is 2.13 bits per heavy atom. The van der Waals surface area contributed by atoms with E-state index in [-0.39, 0.29) is 12.5 Å². The molecule has 1 rings (SSSR count). The molecule has 15 heavy (non-hydrogen) atoms. The quantitative estimate of drug-likeness (QED) is 0.762. The summed E-state index contributed by atoms with van der Waals surface area (Å²) in [6.45, 7) is 2.42. The maximum atomic E-state index is 11.4. The van der Waals surface area contributed by atoms with Gasteiger partial charge in [0.15, 0.2) is 0 Å². The lowest BCUT2D eigenvalue weighted by Gasteiger charge is -2.31. The Balaban J connectivity index is 2.45. The van der Waals surface area contributed by atoms with E-state index < -0.39 is 5.54 Å². The number of amides is 1. The van der Waals surface area contributed by atoms with E-state index in [4.69, 9.17) is 10.00 Å². The van der Waals surface area contributed by atoms with Crippen molar-refractivity contribution in [3.63, 3.8) is 0 Å². The Morgan fingerprint density at radius 3 is 2.67 bits per heavy atom. The number of hydrogen-bond donors (Lipinski definition) is 1. The van der Waals surface area contributed by atoms with Crippen LogP contribution in [0.3, 0.4) is 0 Å². The second kappa shape index (κ2) is 5.72. The maximum absolute atomic E-state index is 11.4. The average Bonchev–Trinajstić information content (AvgIpc) is 2.27. The molecule has 0 radical (unpaired) electrons.